The second kappa shape index (κ2) is 9.53. The molecule has 0 fully saturated rings. The minimum absolute atomic E-state index is 0.0759. The summed E-state index contributed by atoms with van der Waals surface area (Å²) in [5.74, 6) is 1.44. The van der Waals surface area contributed by atoms with Crippen molar-refractivity contribution < 1.29 is 9.53 Å². The van der Waals surface area contributed by atoms with Crippen LogP contribution in [0.1, 0.15) is 17.5 Å². The van der Waals surface area contributed by atoms with Gasteiger partial charge < -0.3 is 10.1 Å². The number of hydrogen-bond acceptors (Lipinski definition) is 4. The molecule has 1 aromatic carbocycles. The van der Waals surface area contributed by atoms with Crippen molar-refractivity contribution in [3.8, 4) is 5.75 Å². The second-order valence-electron chi connectivity index (χ2n) is 6.07. The van der Waals surface area contributed by atoms with Gasteiger partial charge in [0.25, 0.3) is 0 Å². The lowest BCUT2D eigenvalue weighted by molar-refractivity contribution is -0.117. The Morgan fingerprint density at radius 3 is 2.60 bits per heavy atom. The average molecular weight is 406 g/mol. The number of para-hydroxylation sites is 1. The quantitative estimate of drug-likeness (QED) is 0.678. The summed E-state index contributed by atoms with van der Waals surface area (Å²) in [4.78, 5) is 18.1. The van der Waals surface area contributed by atoms with Crippen LogP contribution in [0, 0.1) is 13.8 Å². The molecule has 6 heteroatoms. The van der Waals surface area contributed by atoms with Gasteiger partial charge in [0.05, 0.1) is 13.2 Å². The first-order valence-corrected chi connectivity index (χ1v) is 9.04. The Balaban J connectivity index is 1.69. The highest BCUT2D eigenvalue weighted by Gasteiger charge is 2.08. The number of ether oxygens (including phenoxy) is 1. The Hall–Kier alpha value is -1.92. The molecule has 0 radical (unpaired) electrons. The zero-order valence-corrected chi connectivity index (χ0v) is 16.5. The van der Waals surface area contributed by atoms with Crippen molar-refractivity contribution in [1.29, 1.82) is 0 Å². The molecule has 0 atom stereocenters. The summed E-state index contributed by atoms with van der Waals surface area (Å²) < 4.78 is 6.77. The molecule has 1 N–H and O–H groups in total. The van der Waals surface area contributed by atoms with E-state index in [2.05, 4.69) is 52.2 Å². The predicted octanol–water partition coefficient (Wildman–Crippen LogP) is 3.80. The molecule has 134 valence electrons. The standard InChI is InChI=1S/C19H24BrN3O2/c1-14-6-4-7-15(2)19(14)25-11-5-10-23(3)13-18(24)22-17-9-8-16(20)12-21-17/h4,6-9,12H,5,10-11,13H2,1-3H3,(H,21,22,24). The van der Waals surface area contributed by atoms with Crippen LogP contribution in [0.25, 0.3) is 0 Å². The average Bonchev–Trinajstić information content (AvgIpc) is 2.55. The topological polar surface area (TPSA) is 54.5 Å². The van der Waals surface area contributed by atoms with E-state index in [4.69, 9.17) is 4.74 Å². The number of nitrogens with zero attached hydrogens (tertiary/aromatic N) is 2. The molecule has 0 bridgehead atoms. The molecule has 25 heavy (non-hydrogen) atoms. The van der Waals surface area contributed by atoms with E-state index in [9.17, 15) is 4.79 Å². The van der Waals surface area contributed by atoms with Crippen molar-refractivity contribution >= 4 is 27.7 Å². The van der Waals surface area contributed by atoms with Gasteiger partial charge >= 0.3 is 0 Å². The summed E-state index contributed by atoms with van der Waals surface area (Å²) in [5, 5.41) is 2.79. The molecular formula is C19H24BrN3O2. The van der Waals surface area contributed by atoms with Crippen molar-refractivity contribution in [2.24, 2.45) is 0 Å². The van der Waals surface area contributed by atoms with E-state index in [-0.39, 0.29) is 5.91 Å². The van der Waals surface area contributed by atoms with Gasteiger partial charge in [0.15, 0.2) is 0 Å². The molecule has 2 aromatic rings. The molecule has 0 aliphatic heterocycles. The molecule has 0 saturated carbocycles. The SMILES string of the molecule is Cc1cccc(C)c1OCCCN(C)CC(=O)Nc1ccc(Br)cn1. The summed E-state index contributed by atoms with van der Waals surface area (Å²) in [5.41, 5.74) is 2.30. The van der Waals surface area contributed by atoms with Crippen LogP contribution >= 0.6 is 15.9 Å². The van der Waals surface area contributed by atoms with Crippen LogP contribution in [-0.4, -0.2) is 42.5 Å². The highest BCUT2D eigenvalue weighted by molar-refractivity contribution is 9.10. The van der Waals surface area contributed by atoms with E-state index in [0.29, 0.717) is 19.0 Å². The molecule has 1 amide bonds. The number of benzene rings is 1. The van der Waals surface area contributed by atoms with Gasteiger partial charge in [-0.1, -0.05) is 18.2 Å². The maximum absolute atomic E-state index is 12.0. The molecule has 0 saturated heterocycles. The van der Waals surface area contributed by atoms with Crippen molar-refractivity contribution in [1.82, 2.24) is 9.88 Å². The fourth-order valence-corrected chi connectivity index (χ4v) is 2.73. The summed E-state index contributed by atoms with van der Waals surface area (Å²) in [7, 11) is 1.92. The molecule has 0 spiro atoms. The van der Waals surface area contributed by atoms with Crippen LogP contribution < -0.4 is 10.1 Å². The summed E-state index contributed by atoms with van der Waals surface area (Å²) >= 11 is 3.32. The van der Waals surface area contributed by atoms with E-state index >= 15 is 0 Å². The number of carbonyl (C=O) groups excluding carboxylic acids is 1. The lowest BCUT2D eigenvalue weighted by atomic mass is 10.1. The van der Waals surface area contributed by atoms with Gasteiger partial charge in [-0.25, -0.2) is 4.98 Å². The van der Waals surface area contributed by atoms with E-state index < -0.39 is 0 Å². The number of likely N-dealkylation sites (N-methyl/N-ethyl adjacent to an activating group) is 1. The minimum atomic E-state index is -0.0759. The van der Waals surface area contributed by atoms with Gasteiger partial charge in [-0.3, -0.25) is 9.69 Å². The first kappa shape index (κ1) is 19.4. The molecule has 2 rings (SSSR count). The molecular weight excluding hydrogens is 382 g/mol. The predicted molar refractivity (Wildman–Crippen MR) is 104 cm³/mol. The molecule has 0 aliphatic rings. The second-order valence-corrected chi connectivity index (χ2v) is 6.99. The number of hydrogen-bond donors (Lipinski definition) is 1. The van der Waals surface area contributed by atoms with Crippen molar-refractivity contribution in [2.75, 3.05) is 32.1 Å². The molecule has 0 unspecified atom stereocenters. The number of aromatic nitrogens is 1. The van der Waals surface area contributed by atoms with Crippen molar-refractivity contribution in [2.45, 2.75) is 20.3 Å². The van der Waals surface area contributed by atoms with Gasteiger partial charge in [-0.15, -0.1) is 0 Å². The number of carbonyl (C=O) groups is 1. The molecule has 1 aromatic heterocycles. The van der Waals surface area contributed by atoms with Gasteiger partial charge in [0.2, 0.25) is 5.91 Å². The van der Waals surface area contributed by atoms with Gasteiger partial charge in [-0.05, 0) is 66.5 Å². The van der Waals surface area contributed by atoms with Gasteiger partial charge in [0, 0.05) is 17.2 Å². The van der Waals surface area contributed by atoms with Gasteiger partial charge in [0.1, 0.15) is 11.6 Å². The Morgan fingerprint density at radius 2 is 1.96 bits per heavy atom. The number of aryl methyl sites for hydroxylation is 2. The highest BCUT2D eigenvalue weighted by atomic mass is 79.9. The van der Waals surface area contributed by atoms with Crippen molar-refractivity contribution in [3.05, 3.63) is 52.1 Å². The van der Waals surface area contributed by atoms with Crippen LogP contribution in [0.4, 0.5) is 5.82 Å². The number of anilines is 1. The fourth-order valence-electron chi connectivity index (χ4n) is 2.49. The fraction of sp³-hybridized carbons (Fsp3) is 0.368. The smallest absolute Gasteiger partial charge is 0.239 e. The third-order valence-corrected chi connectivity index (χ3v) is 4.22. The third-order valence-electron chi connectivity index (χ3n) is 3.75. The van der Waals surface area contributed by atoms with Crippen LogP contribution in [0.5, 0.6) is 5.75 Å². The maximum Gasteiger partial charge on any atom is 0.239 e. The molecule has 5 nitrogen and oxygen atoms in total. The zero-order valence-electron chi connectivity index (χ0n) is 14.9. The number of amides is 1. The lowest BCUT2D eigenvalue weighted by Crippen LogP contribution is -2.31. The maximum atomic E-state index is 12.0. The summed E-state index contributed by atoms with van der Waals surface area (Å²) in [6.07, 6.45) is 2.51. The Kier molecular flexibility index (Phi) is 7.40. The van der Waals surface area contributed by atoms with Crippen LogP contribution in [-0.2, 0) is 4.79 Å². The van der Waals surface area contributed by atoms with Crippen molar-refractivity contribution in [3.63, 3.8) is 0 Å². The zero-order chi connectivity index (χ0) is 18.2. The van der Waals surface area contributed by atoms with Crippen LogP contribution in [0.3, 0.4) is 0 Å². The van der Waals surface area contributed by atoms with E-state index in [0.717, 1.165) is 34.3 Å². The first-order chi connectivity index (χ1) is 12.0. The van der Waals surface area contributed by atoms with E-state index in [1.165, 1.54) is 0 Å². The number of nitrogens with one attached hydrogen (secondary N) is 1. The number of pyridine rings is 1. The van der Waals surface area contributed by atoms with E-state index in [1.807, 2.05) is 24.1 Å². The Labute approximate surface area is 157 Å². The molecule has 0 aliphatic carbocycles. The number of rotatable bonds is 8. The summed E-state index contributed by atoms with van der Waals surface area (Å²) in [6, 6.07) is 9.74. The third kappa shape index (κ3) is 6.48. The summed E-state index contributed by atoms with van der Waals surface area (Å²) in [6.45, 7) is 5.84. The highest BCUT2D eigenvalue weighted by Crippen LogP contribution is 2.22. The number of halogens is 1. The first-order valence-electron chi connectivity index (χ1n) is 8.24. The lowest BCUT2D eigenvalue weighted by Gasteiger charge is -2.17. The van der Waals surface area contributed by atoms with Gasteiger partial charge in [-0.2, -0.15) is 0 Å². The monoisotopic (exact) mass is 405 g/mol. The molecule has 1 heterocycles. The Morgan fingerprint density at radius 1 is 1.24 bits per heavy atom. The minimum Gasteiger partial charge on any atom is -0.493 e. The van der Waals surface area contributed by atoms with E-state index in [1.54, 1.807) is 12.3 Å². The van der Waals surface area contributed by atoms with Crippen LogP contribution in [0.2, 0.25) is 0 Å². The largest absolute Gasteiger partial charge is 0.493 e. The van der Waals surface area contributed by atoms with Crippen LogP contribution in [0.15, 0.2) is 41.0 Å². The Bertz CT molecular complexity index is 684. The normalized spacial score (nSPS) is 10.8.